The average molecular weight is 371 g/mol. The third-order valence-corrected chi connectivity index (χ3v) is 4.62. The zero-order valence-electron chi connectivity index (χ0n) is 14.6. The number of nitrogens with one attached hydrogen (secondary N) is 2. The van der Waals surface area contributed by atoms with Gasteiger partial charge in [0.2, 0.25) is 0 Å². The van der Waals surface area contributed by atoms with Gasteiger partial charge < -0.3 is 4.98 Å². The molecule has 5 rings (SSSR count). The number of para-hydroxylation sites is 1. The van der Waals surface area contributed by atoms with Crippen molar-refractivity contribution in [2.75, 3.05) is 5.12 Å². The minimum Gasteiger partial charge on any atom is -0.339 e. The SMILES string of the molecule is O=C(c1n[nH]c2ccccc12)N(F)c1cnc2[nH]c(-c3ccccc3)cc2c1. The normalized spacial score (nSPS) is 11.2. The van der Waals surface area contributed by atoms with Gasteiger partial charge >= 0.3 is 5.91 Å². The van der Waals surface area contributed by atoms with Gasteiger partial charge in [-0.25, -0.2) is 4.98 Å². The van der Waals surface area contributed by atoms with Crippen LogP contribution in [0.3, 0.4) is 0 Å². The molecule has 3 aromatic heterocycles. The van der Waals surface area contributed by atoms with Crippen LogP contribution in [0.25, 0.3) is 33.2 Å². The molecule has 0 saturated carbocycles. The fraction of sp³-hybridized carbons (Fsp3) is 0. The number of hydrogen-bond acceptors (Lipinski definition) is 3. The van der Waals surface area contributed by atoms with E-state index in [4.69, 9.17) is 0 Å². The molecule has 0 aliphatic heterocycles. The smallest absolute Gasteiger partial charge is 0.307 e. The number of halogens is 1. The van der Waals surface area contributed by atoms with E-state index in [1.54, 1.807) is 24.3 Å². The maximum atomic E-state index is 14.9. The number of carbonyl (C=O) groups is 1. The minimum absolute atomic E-state index is 0.0252. The van der Waals surface area contributed by atoms with Gasteiger partial charge in [-0.15, -0.1) is 5.12 Å². The van der Waals surface area contributed by atoms with Crippen LogP contribution in [-0.2, 0) is 0 Å². The lowest BCUT2D eigenvalue weighted by Gasteiger charge is -2.10. The molecule has 7 heteroatoms. The van der Waals surface area contributed by atoms with Crippen molar-refractivity contribution in [3.63, 3.8) is 0 Å². The van der Waals surface area contributed by atoms with Crippen molar-refractivity contribution in [2.45, 2.75) is 0 Å². The Morgan fingerprint density at radius 1 is 1.00 bits per heavy atom. The van der Waals surface area contributed by atoms with Gasteiger partial charge in [-0.2, -0.15) is 5.10 Å². The summed E-state index contributed by atoms with van der Waals surface area (Å²) in [6.07, 6.45) is 1.32. The Balaban J connectivity index is 1.50. The highest BCUT2D eigenvalue weighted by molar-refractivity contribution is 6.11. The number of carbonyl (C=O) groups excluding carboxylic acids is 1. The summed E-state index contributed by atoms with van der Waals surface area (Å²) in [4.78, 5) is 20.1. The Morgan fingerprint density at radius 2 is 1.79 bits per heavy atom. The molecule has 28 heavy (non-hydrogen) atoms. The first-order chi connectivity index (χ1) is 13.7. The first kappa shape index (κ1) is 16.2. The van der Waals surface area contributed by atoms with E-state index in [0.29, 0.717) is 21.9 Å². The maximum absolute atomic E-state index is 14.9. The lowest BCUT2D eigenvalue weighted by molar-refractivity contribution is 0.0928. The van der Waals surface area contributed by atoms with Gasteiger partial charge in [-0.05, 0) is 23.8 Å². The number of aromatic nitrogens is 4. The fourth-order valence-corrected chi connectivity index (χ4v) is 3.22. The van der Waals surface area contributed by atoms with E-state index in [9.17, 15) is 9.28 Å². The van der Waals surface area contributed by atoms with E-state index in [0.717, 1.165) is 11.3 Å². The number of H-pyrrole nitrogens is 2. The van der Waals surface area contributed by atoms with Gasteiger partial charge in [0.25, 0.3) is 0 Å². The number of anilines is 1. The molecule has 0 spiro atoms. The van der Waals surface area contributed by atoms with Crippen LogP contribution in [0.15, 0.2) is 72.9 Å². The van der Waals surface area contributed by atoms with E-state index in [2.05, 4.69) is 20.2 Å². The minimum atomic E-state index is -0.850. The molecule has 136 valence electrons. The molecular formula is C21H14FN5O. The van der Waals surface area contributed by atoms with Crippen molar-refractivity contribution >= 4 is 33.5 Å². The maximum Gasteiger partial charge on any atom is 0.307 e. The van der Waals surface area contributed by atoms with Crippen LogP contribution < -0.4 is 5.12 Å². The number of benzene rings is 2. The summed E-state index contributed by atoms with van der Waals surface area (Å²) in [5, 5.41) is 8.05. The monoisotopic (exact) mass is 371 g/mol. The third kappa shape index (κ3) is 2.61. The van der Waals surface area contributed by atoms with E-state index in [-0.39, 0.29) is 16.5 Å². The van der Waals surface area contributed by atoms with Crippen molar-refractivity contribution in [1.29, 1.82) is 0 Å². The van der Waals surface area contributed by atoms with Crippen LogP contribution in [0, 0.1) is 0 Å². The van der Waals surface area contributed by atoms with Gasteiger partial charge in [-0.3, -0.25) is 9.89 Å². The van der Waals surface area contributed by atoms with Crippen molar-refractivity contribution in [2.24, 2.45) is 0 Å². The Morgan fingerprint density at radius 3 is 2.64 bits per heavy atom. The molecule has 6 nitrogen and oxygen atoms in total. The van der Waals surface area contributed by atoms with Crippen LogP contribution in [0.4, 0.5) is 10.2 Å². The molecule has 0 radical (unpaired) electrons. The van der Waals surface area contributed by atoms with Gasteiger partial charge in [0.15, 0.2) is 5.69 Å². The lowest BCUT2D eigenvalue weighted by atomic mass is 10.1. The highest BCUT2D eigenvalue weighted by Gasteiger charge is 2.23. The van der Waals surface area contributed by atoms with Gasteiger partial charge in [0.05, 0.1) is 17.4 Å². The van der Waals surface area contributed by atoms with E-state index >= 15 is 0 Å². The van der Waals surface area contributed by atoms with Crippen molar-refractivity contribution in [3.8, 4) is 11.3 Å². The summed E-state index contributed by atoms with van der Waals surface area (Å²) in [6.45, 7) is 0. The zero-order valence-corrected chi connectivity index (χ0v) is 14.6. The number of hydrogen-bond donors (Lipinski definition) is 2. The van der Waals surface area contributed by atoms with E-state index < -0.39 is 5.91 Å². The Bertz CT molecular complexity index is 1310. The highest BCUT2D eigenvalue weighted by atomic mass is 19.2. The molecule has 0 aliphatic carbocycles. The van der Waals surface area contributed by atoms with Crippen LogP contribution >= 0.6 is 0 Å². The predicted octanol–water partition coefficient (Wildman–Crippen LogP) is 4.64. The number of fused-ring (bicyclic) bond motifs is 2. The molecule has 0 aliphatic rings. The van der Waals surface area contributed by atoms with Crippen LogP contribution in [0.1, 0.15) is 10.5 Å². The largest absolute Gasteiger partial charge is 0.339 e. The Kier molecular flexibility index (Phi) is 3.65. The first-order valence-corrected chi connectivity index (χ1v) is 8.68. The summed E-state index contributed by atoms with van der Waals surface area (Å²) in [7, 11) is 0. The molecule has 0 bridgehead atoms. The van der Waals surface area contributed by atoms with Crippen LogP contribution in [-0.4, -0.2) is 26.1 Å². The predicted molar refractivity (Wildman–Crippen MR) is 106 cm³/mol. The molecule has 0 unspecified atom stereocenters. The van der Waals surface area contributed by atoms with Crippen LogP contribution in [0.2, 0.25) is 0 Å². The van der Waals surface area contributed by atoms with E-state index in [1.807, 2.05) is 42.5 Å². The second kappa shape index (κ2) is 6.31. The summed E-state index contributed by atoms with van der Waals surface area (Å²) in [5.74, 6) is -0.850. The molecule has 1 amide bonds. The summed E-state index contributed by atoms with van der Waals surface area (Å²) in [5.41, 5.74) is 3.23. The molecule has 0 atom stereocenters. The van der Waals surface area contributed by atoms with Crippen molar-refractivity contribution in [3.05, 3.63) is 78.6 Å². The Labute approximate surface area is 158 Å². The summed E-state index contributed by atoms with van der Waals surface area (Å²) in [6, 6.07) is 20.3. The van der Waals surface area contributed by atoms with E-state index in [1.165, 1.54) is 6.20 Å². The summed E-state index contributed by atoms with van der Waals surface area (Å²) >= 11 is 0. The quantitative estimate of drug-likeness (QED) is 0.454. The molecule has 0 saturated heterocycles. The molecule has 2 aromatic carbocycles. The topological polar surface area (TPSA) is 77.7 Å². The molecule has 3 heterocycles. The number of amides is 1. The summed E-state index contributed by atoms with van der Waals surface area (Å²) < 4.78 is 14.9. The van der Waals surface area contributed by atoms with Gasteiger partial charge in [0.1, 0.15) is 5.65 Å². The molecule has 2 N–H and O–H groups in total. The Hall–Kier alpha value is -4.00. The van der Waals surface area contributed by atoms with Crippen LogP contribution in [0.5, 0.6) is 0 Å². The number of aromatic amines is 2. The second-order valence-corrected chi connectivity index (χ2v) is 6.38. The van der Waals surface area contributed by atoms with Gasteiger partial charge in [-0.1, -0.05) is 53.0 Å². The molecule has 5 aromatic rings. The third-order valence-electron chi connectivity index (χ3n) is 4.62. The van der Waals surface area contributed by atoms with Crippen molar-refractivity contribution < 1.29 is 9.28 Å². The number of nitrogens with zero attached hydrogens (tertiary/aromatic N) is 3. The number of rotatable bonds is 3. The second-order valence-electron chi connectivity index (χ2n) is 6.38. The standard InChI is InChI=1S/C21H14FN5O/c22-27(21(28)19-16-8-4-5-9-17(16)25-26-19)15-10-14-11-18(24-20(14)23-12-15)13-6-2-1-3-7-13/h1-12H,(H,23,24)(H,25,26). The average Bonchev–Trinajstić information content (AvgIpc) is 3.37. The van der Waals surface area contributed by atoms with Crippen molar-refractivity contribution in [1.82, 2.24) is 20.2 Å². The first-order valence-electron chi connectivity index (χ1n) is 8.68. The number of pyridine rings is 1. The van der Waals surface area contributed by atoms with Gasteiger partial charge in [0, 0.05) is 16.5 Å². The molecular weight excluding hydrogens is 357 g/mol. The molecule has 0 fully saturated rings. The fourth-order valence-electron chi connectivity index (χ4n) is 3.22. The zero-order chi connectivity index (χ0) is 19.1. The lowest BCUT2D eigenvalue weighted by Crippen LogP contribution is -2.22. The highest BCUT2D eigenvalue weighted by Crippen LogP contribution is 2.27.